The van der Waals surface area contributed by atoms with Gasteiger partial charge in [0.2, 0.25) is 0 Å². The Morgan fingerprint density at radius 2 is 1.92 bits per heavy atom. The quantitative estimate of drug-likeness (QED) is 0.873. The first-order valence-corrected chi connectivity index (χ1v) is 8.33. The van der Waals surface area contributed by atoms with E-state index in [0.717, 1.165) is 17.7 Å². The minimum atomic E-state index is -0.921. The molecule has 0 saturated carbocycles. The fraction of sp³-hybridized carbons (Fsp3) is 0.316. The molecule has 1 aliphatic rings. The van der Waals surface area contributed by atoms with Crippen LogP contribution in [-0.2, 0) is 13.0 Å². The number of likely N-dealkylation sites (tertiary alicyclic amines) is 1. The highest BCUT2D eigenvalue weighted by atomic mass is 35.5. The summed E-state index contributed by atoms with van der Waals surface area (Å²) < 4.78 is 0. The fourth-order valence-electron chi connectivity index (χ4n) is 3.31. The molecule has 0 spiro atoms. The maximum atomic E-state index is 11.1. The molecule has 1 fully saturated rings. The number of β-amino-alcohol motifs (C(OH)–C–C–N with tert-alkyl or cyclic N) is 1. The molecule has 1 saturated heterocycles. The Kier molecular flexibility index (Phi) is 4.90. The smallest absolute Gasteiger partial charge is 0.335 e. The summed E-state index contributed by atoms with van der Waals surface area (Å²) in [6, 6.07) is 14.5. The van der Waals surface area contributed by atoms with Gasteiger partial charge >= 0.3 is 5.97 Å². The van der Waals surface area contributed by atoms with Gasteiger partial charge in [0, 0.05) is 31.1 Å². The van der Waals surface area contributed by atoms with Gasteiger partial charge in [0.15, 0.2) is 0 Å². The van der Waals surface area contributed by atoms with E-state index in [0.29, 0.717) is 36.5 Å². The van der Waals surface area contributed by atoms with Crippen LogP contribution in [0, 0.1) is 0 Å². The van der Waals surface area contributed by atoms with Crippen molar-refractivity contribution >= 4 is 17.6 Å². The topological polar surface area (TPSA) is 60.8 Å². The van der Waals surface area contributed by atoms with Gasteiger partial charge in [-0.05, 0) is 41.8 Å². The van der Waals surface area contributed by atoms with E-state index in [1.54, 1.807) is 18.2 Å². The van der Waals surface area contributed by atoms with E-state index >= 15 is 0 Å². The van der Waals surface area contributed by atoms with Gasteiger partial charge in [0.25, 0.3) is 0 Å². The van der Waals surface area contributed by atoms with Gasteiger partial charge < -0.3 is 10.2 Å². The Hall–Kier alpha value is -1.88. The maximum Gasteiger partial charge on any atom is 0.335 e. The Balaban J connectivity index is 1.64. The van der Waals surface area contributed by atoms with E-state index in [1.165, 1.54) is 0 Å². The molecule has 0 amide bonds. The van der Waals surface area contributed by atoms with Gasteiger partial charge in [-0.3, -0.25) is 4.90 Å². The fourth-order valence-corrected chi connectivity index (χ4v) is 3.52. The first-order valence-electron chi connectivity index (χ1n) is 7.95. The number of hydrogen-bond donors (Lipinski definition) is 2. The number of carboxylic acids is 1. The monoisotopic (exact) mass is 345 g/mol. The van der Waals surface area contributed by atoms with E-state index in [1.807, 2.05) is 30.3 Å². The molecule has 1 aliphatic heterocycles. The molecule has 126 valence electrons. The van der Waals surface area contributed by atoms with Crippen LogP contribution in [0.15, 0.2) is 48.5 Å². The van der Waals surface area contributed by atoms with Gasteiger partial charge in [-0.25, -0.2) is 4.79 Å². The summed E-state index contributed by atoms with van der Waals surface area (Å²) in [6.45, 7) is 1.99. The van der Waals surface area contributed by atoms with Crippen LogP contribution in [0.4, 0.5) is 0 Å². The molecule has 2 aromatic rings. The summed E-state index contributed by atoms with van der Waals surface area (Å²) in [5.74, 6) is -0.921. The molecule has 4 nitrogen and oxygen atoms in total. The lowest BCUT2D eigenvalue weighted by atomic mass is 9.94. The number of halogens is 1. The number of benzene rings is 2. The third-order valence-corrected chi connectivity index (χ3v) is 4.65. The highest BCUT2D eigenvalue weighted by molar-refractivity contribution is 6.30. The Morgan fingerprint density at radius 3 is 2.67 bits per heavy atom. The van der Waals surface area contributed by atoms with Crippen LogP contribution in [0.1, 0.15) is 27.9 Å². The normalized spacial score (nSPS) is 21.1. The molecular weight excluding hydrogens is 326 g/mol. The van der Waals surface area contributed by atoms with Crippen LogP contribution in [0.5, 0.6) is 0 Å². The second-order valence-electron chi connectivity index (χ2n) is 6.50. The van der Waals surface area contributed by atoms with Gasteiger partial charge in [0.1, 0.15) is 0 Å². The van der Waals surface area contributed by atoms with Gasteiger partial charge in [-0.15, -0.1) is 0 Å². The number of nitrogens with zero attached hydrogens (tertiary/aromatic N) is 1. The number of carboxylic acid groups (broad SMARTS) is 1. The molecule has 1 heterocycles. The maximum absolute atomic E-state index is 11.1. The van der Waals surface area contributed by atoms with Crippen LogP contribution in [0.2, 0.25) is 5.02 Å². The van der Waals surface area contributed by atoms with E-state index in [9.17, 15) is 9.90 Å². The van der Waals surface area contributed by atoms with Crippen molar-refractivity contribution in [1.29, 1.82) is 0 Å². The van der Waals surface area contributed by atoms with Crippen molar-refractivity contribution in [1.82, 2.24) is 4.90 Å². The zero-order valence-corrected chi connectivity index (χ0v) is 14.0. The predicted molar refractivity (Wildman–Crippen MR) is 93.4 cm³/mol. The van der Waals surface area contributed by atoms with Crippen LogP contribution < -0.4 is 0 Å². The van der Waals surface area contributed by atoms with Crippen molar-refractivity contribution in [3.05, 3.63) is 70.2 Å². The van der Waals surface area contributed by atoms with E-state index < -0.39 is 11.6 Å². The molecule has 5 heteroatoms. The average Bonchev–Trinajstić information content (AvgIpc) is 2.88. The lowest BCUT2D eigenvalue weighted by Crippen LogP contribution is -2.35. The van der Waals surface area contributed by atoms with Crippen molar-refractivity contribution in [2.75, 3.05) is 13.1 Å². The van der Waals surface area contributed by atoms with Crippen molar-refractivity contribution in [3.63, 3.8) is 0 Å². The second-order valence-corrected chi connectivity index (χ2v) is 6.93. The van der Waals surface area contributed by atoms with Crippen LogP contribution in [-0.4, -0.2) is 39.8 Å². The zero-order valence-electron chi connectivity index (χ0n) is 13.3. The van der Waals surface area contributed by atoms with Crippen molar-refractivity contribution in [3.8, 4) is 0 Å². The molecule has 0 aliphatic carbocycles. The number of rotatable bonds is 5. The summed E-state index contributed by atoms with van der Waals surface area (Å²) in [4.78, 5) is 13.2. The molecule has 0 aromatic heterocycles. The predicted octanol–water partition coefficient (Wildman–Crippen LogP) is 3.22. The number of hydrogen-bond acceptors (Lipinski definition) is 3. The average molecular weight is 346 g/mol. The van der Waals surface area contributed by atoms with E-state index in [4.69, 9.17) is 16.7 Å². The summed E-state index contributed by atoms with van der Waals surface area (Å²) in [5.41, 5.74) is 1.50. The third kappa shape index (κ3) is 4.15. The molecule has 2 aromatic carbocycles. The molecular formula is C19H20ClNO3. The third-order valence-electron chi connectivity index (χ3n) is 4.41. The highest BCUT2D eigenvalue weighted by Crippen LogP contribution is 2.27. The van der Waals surface area contributed by atoms with Crippen LogP contribution in [0.3, 0.4) is 0 Å². The molecule has 0 radical (unpaired) electrons. The highest BCUT2D eigenvalue weighted by Gasteiger charge is 2.36. The molecule has 0 bridgehead atoms. The Bertz CT molecular complexity index is 749. The summed E-state index contributed by atoms with van der Waals surface area (Å²) in [6.07, 6.45) is 1.26. The molecule has 1 atom stereocenters. The summed E-state index contributed by atoms with van der Waals surface area (Å²) in [5, 5.41) is 20.6. The zero-order chi connectivity index (χ0) is 17.2. The van der Waals surface area contributed by atoms with E-state index in [2.05, 4.69) is 4.90 Å². The van der Waals surface area contributed by atoms with E-state index in [-0.39, 0.29) is 0 Å². The summed E-state index contributed by atoms with van der Waals surface area (Å²) >= 11 is 6.01. The lowest BCUT2D eigenvalue weighted by Gasteiger charge is -2.24. The first kappa shape index (κ1) is 17.0. The molecule has 2 N–H and O–H groups in total. The van der Waals surface area contributed by atoms with Gasteiger partial charge in [-0.1, -0.05) is 35.9 Å². The number of aliphatic hydroxyl groups is 1. The lowest BCUT2D eigenvalue weighted by molar-refractivity contribution is 0.0487. The minimum Gasteiger partial charge on any atom is -0.478 e. The SMILES string of the molecule is O=C(O)c1cccc(CN2CCC(O)(Cc3cccc(Cl)c3)C2)c1. The minimum absolute atomic E-state index is 0.292. The van der Waals surface area contributed by atoms with Crippen molar-refractivity contribution in [2.45, 2.75) is 25.0 Å². The first-order chi connectivity index (χ1) is 11.4. The molecule has 1 unspecified atom stereocenters. The van der Waals surface area contributed by atoms with Crippen molar-refractivity contribution in [2.24, 2.45) is 0 Å². The standard InChI is InChI=1S/C19H20ClNO3/c20-17-6-2-3-14(10-17)11-19(24)7-8-21(13-19)12-15-4-1-5-16(9-15)18(22)23/h1-6,9-10,24H,7-8,11-13H2,(H,22,23). The number of aromatic carboxylic acids is 1. The van der Waals surface area contributed by atoms with Crippen molar-refractivity contribution < 1.29 is 15.0 Å². The second kappa shape index (κ2) is 6.93. The van der Waals surface area contributed by atoms with Crippen LogP contribution >= 0.6 is 11.6 Å². The molecule has 24 heavy (non-hydrogen) atoms. The number of carbonyl (C=O) groups is 1. The van der Waals surface area contributed by atoms with Crippen LogP contribution in [0.25, 0.3) is 0 Å². The Morgan fingerprint density at radius 1 is 1.17 bits per heavy atom. The Labute approximate surface area is 146 Å². The molecule has 3 rings (SSSR count). The summed E-state index contributed by atoms with van der Waals surface area (Å²) in [7, 11) is 0. The van der Waals surface area contributed by atoms with Gasteiger partial charge in [-0.2, -0.15) is 0 Å². The van der Waals surface area contributed by atoms with Gasteiger partial charge in [0.05, 0.1) is 11.2 Å². The largest absolute Gasteiger partial charge is 0.478 e.